The molecule has 0 amide bonds. The van der Waals surface area contributed by atoms with E-state index in [1.807, 2.05) is 7.05 Å². The molecule has 84 valence electrons. The van der Waals surface area contributed by atoms with E-state index in [0.717, 1.165) is 18.8 Å². The first-order chi connectivity index (χ1) is 7.22. The number of allylic oxidation sites excluding steroid dienone is 1. The highest BCUT2D eigenvalue weighted by atomic mass is 16.5. The fourth-order valence-corrected chi connectivity index (χ4v) is 1.85. The van der Waals surface area contributed by atoms with Crippen molar-refractivity contribution >= 4 is 12.0 Å². The van der Waals surface area contributed by atoms with Crippen LogP contribution in [0.5, 0.6) is 0 Å². The summed E-state index contributed by atoms with van der Waals surface area (Å²) in [5, 5.41) is 3.14. The van der Waals surface area contributed by atoms with E-state index in [0.29, 0.717) is 6.73 Å². The topological polar surface area (TPSA) is 39.1 Å². The summed E-state index contributed by atoms with van der Waals surface area (Å²) in [5.74, 6) is 0.882. The van der Waals surface area contributed by atoms with Gasteiger partial charge in [0.15, 0.2) is 0 Å². The van der Waals surface area contributed by atoms with Gasteiger partial charge in [-0.15, -0.1) is 0 Å². The summed E-state index contributed by atoms with van der Waals surface area (Å²) in [6.07, 6.45) is 4.37. The predicted molar refractivity (Wildman–Crippen MR) is 62.8 cm³/mol. The van der Waals surface area contributed by atoms with Crippen molar-refractivity contribution in [3.05, 3.63) is 17.0 Å². The highest BCUT2D eigenvalue weighted by molar-refractivity contribution is 5.57. The first-order valence-electron chi connectivity index (χ1n) is 5.18. The van der Waals surface area contributed by atoms with Gasteiger partial charge in [0.25, 0.3) is 0 Å². The fourth-order valence-electron chi connectivity index (χ4n) is 1.85. The number of anilines is 1. The Bertz CT molecular complexity index is 398. The number of aromatic nitrogens is 2. The zero-order chi connectivity index (χ0) is 10.8. The van der Waals surface area contributed by atoms with Gasteiger partial charge in [-0.25, -0.2) is 4.98 Å². The van der Waals surface area contributed by atoms with Crippen molar-refractivity contribution in [3.8, 4) is 0 Å². The average molecular weight is 209 g/mol. The molecule has 4 nitrogen and oxygen atoms in total. The van der Waals surface area contributed by atoms with Gasteiger partial charge >= 0.3 is 0 Å². The summed E-state index contributed by atoms with van der Waals surface area (Å²) < 4.78 is 7.05. The minimum absolute atomic E-state index is 0. The molecule has 0 saturated heterocycles. The molecule has 1 aromatic rings. The molecule has 0 bridgehead atoms. The van der Waals surface area contributed by atoms with Crippen molar-refractivity contribution in [2.75, 3.05) is 19.2 Å². The van der Waals surface area contributed by atoms with E-state index < -0.39 is 0 Å². The van der Waals surface area contributed by atoms with Crippen molar-refractivity contribution in [1.29, 1.82) is 0 Å². The number of nitrogens with one attached hydrogen (secondary N) is 1. The van der Waals surface area contributed by atoms with E-state index in [4.69, 9.17) is 4.74 Å². The molecule has 1 aliphatic rings. The molecule has 1 aliphatic carbocycles. The maximum absolute atomic E-state index is 4.97. The van der Waals surface area contributed by atoms with Crippen LogP contribution < -0.4 is 5.32 Å². The molecular formula is C11H19N3O. The minimum Gasteiger partial charge on any atom is -0.364 e. The van der Waals surface area contributed by atoms with Crippen LogP contribution in [0, 0.1) is 0 Å². The normalized spacial score (nSPS) is 14.7. The average Bonchev–Trinajstić information content (AvgIpc) is 2.53. The number of fused-ring (bicyclic) bond motifs is 1. The molecule has 0 radical (unpaired) electrons. The van der Waals surface area contributed by atoms with Crippen LogP contribution in [0.15, 0.2) is 5.57 Å². The van der Waals surface area contributed by atoms with Gasteiger partial charge in [-0.3, -0.25) is 0 Å². The van der Waals surface area contributed by atoms with E-state index in [2.05, 4.69) is 27.9 Å². The number of hydrogen-bond acceptors (Lipinski definition) is 3. The van der Waals surface area contributed by atoms with Gasteiger partial charge < -0.3 is 14.6 Å². The van der Waals surface area contributed by atoms with Crippen LogP contribution in [0.4, 0.5) is 5.95 Å². The van der Waals surface area contributed by atoms with Crippen molar-refractivity contribution < 1.29 is 6.16 Å². The fraction of sp³-hybridized carbons (Fsp3) is 0.545. The van der Waals surface area contributed by atoms with Crippen LogP contribution in [-0.2, 0) is 18.2 Å². The predicted octanol–water partition coefficient (Wildman–Crippen LogP) is 2.03. The molecule has 1 aromatic heterocycles. The third kappa shape index (κ3) is 1.90. The Hall–Kier alpha value is -1.29. The van der Waals surface area contributed by atoms with Crippen LogP contribution in [0.3, 0.4) is 0 Å². The van der Waals surface area contributed by atoms with Crippen molar-refractivity contribution in [3.63, 3.8) is 0 Å². The third-order valence-corrected chi connectivity index (χ3v) is 2.73. The molecule has 15 heavy (non-hydrogen) atoms. The Morgan fingerprint density at radius 3 is 3.13 bits per heavy atom. The molecule has 1 N–H and O–H groups in total. The zero-order valence-corrected chi connectivity index (χ0v) is 9.50. The minimum atomic E-state index is 0. The van der Waals surface area contributed by atoms with E-state index in [-0.39, 0.29) is 1.43 Å². The highest BCUT2D eigenvalue weighted by Gasteiger charge is 2.16. The van der Waals surface area contributed by atoms with Gasteiger partial charge in [-0.2, -0.15) is 0 Å². The monoisotopic (exact) mass is 209 g/mol. The molecule has 0 atom stereocenters. The van der Waals surface area contributed by atoms with Crippen LogP contribution in [0.2, 0.25) is 0 Å². The third-order valence-electron chi connectivity index (χ3n) is 2.73. The van der Waals surface area contributed by atoms with Gasteiger partial charge in [-0.1, -0.05) is 5.57 Å². The van der Waals surface area contributed by atoms with Crippen molar-refractivity contribution in [2.45, 2.75) is 19.8 Å². The van der Waals surface area contributed by atoms with Crippen LogP contribution in [0.25, 0.3) is 6.08 Å². The molecule has 1 heterocycles. The molecule has 2 rings (SSSR count). The Balaban J connectivity index is 0.00000128. The van der Waals surface area contributed by atoms with E-state index in [9.17, 15) is 0 Å². The number of methoxy groups -OCH3 is 1. The number of hydrogen-bond donors (Lipinski definition) is 1. The summed E-state index contributed by atoms with van der Waals surface area (Å²) in [6, 6.07) is 0. The second kappa shape index (κ2) is 4.06. The summed E-state index contributed by atoms with van der Waals surface area (Å²) in [5.41, 5.74) is 3.82. The summed E-state index contributed by atoms with van der Waals surface area (Å²) in [6.45, 7) is 2.66. The Labute approximate surface area is 91.4 Å². The number of rotatable bonds is 3. The molecule has 0 aliphatic heterocycles. The first kappa shape index (κ1) is 10.2. The largest absolute Gasteiger partial charge is 0.364 e. The lowest BCUT2D eigenvalue weighted by Crippen LogP contribution is -2.08. The quantitative estimate of drug-likeness (QED) is 0.774. The van der Waals surface area contributed by atoms with Gasteiger partial charge in [0.2, 0.25) is 5.95 Å². The summed E-state index contributed by atoms with van der Waals surface area (Å²) in [4.78, 5) is 4.55. The second-order valence-electron chi connectivity index (χ2n) is 3.93. The number of ether oxygens (including phenoxy) is 1. The summed E-state index contributed by atoms with van der Waals surface area (Å²) in [7, 11) is 3.69. The Morgan fingerprint density at radius 2 is 2.40 bits per heavy atom. The van der Waals surface area contributed by atoms with Gasteiger partial charge in [0, 0.05) is 15.6 Å². The maximum atomic E-state index is 4.97. The number of imidazole rings is 1. The van der Waals surface area contributed by atoms with E-state index >= 15 is 0 Å². The first-order valence-corrected chi connectivity index (χ1v) is 5.18. The lowest BCUT2D eigenvalue weighted by atomic mass is 10.0. The van der Waals surface area contributed by atoms with Gasteiger partial charge in [-0.05, 0) is 25.8 Å². The molecule has 0 spiro atoms. The standard InChI is InChI=1S/C11H17N3O.H2/c1-8-4-5-9-10(6-8)14(2)11(13-9)12-7-15-3;/h6H,4-5,7H2,1-3H3,(H,12,13);1H. The second-order valence-corrected chi connectivity index (χ2v) is 3.93. The lowest BCUT2D eigenvalue weighted by molar-refractivity contribution is 0.220. The molecule has 4 heteroatoms. The van der Waals surface area contributed by atoms with Crippen molar-refractivity contribution in [2.24, 2.45) is 7.05 Å². The number of nitrogens with zero attached hydrogens (tertiary/aromatic N) is 2. The van der Waals surface area contributed by atoms with E-state index in [1.165, 1.54) is 17.0 Å². The van der Waals surface area contributed by atoms with Crippen molar-refractivity contribution in [1.82, 2.24) is 9.55 Å². The molecular weight excluding hydrogens is 190 g/mol. The van der Waals surface area contributed by atoms with Crippen LogP contribution >= 0.6 is 0 Å². The molecule has 0 saturated carbocycles. The van der Waals surface area contributed by atoms with Gasteiger partial charge in [0.05, 0.1) is 11.4 Å². The number of aryl methyl sites for hydroxylation is 1. The smallest absolute Gasteiger partial charge is 0.205 e. The van der Waals surface area contributed by atoms with Gasteiger partial charge in [0.1, 0.15) is 6.73 Å². The van der Waals surface area contributed by atoms with E-state index in [1.54, 1.807) is 7.11 Å². The van der Waals surface area contributed by atoms with Crippen LogP contribution in [-0.4, -0.2) is 23.4 Å². The molecule has 0 aromatic carbocycles. The maximum Gasteiger partial charge on any atom is 0.205 e. The molecule has 0 fully saturated rings. The van der Waals surface area contributed by atoms with Crippen LogP contribution in [0.1, 0.15) is 26.2 Å². The zero-order valence-electron chi connectivity index (χ0n) is 9.50. The Morgan fingerprint density at radius 1 is 1.60 bits per heavy atom. The summed E-state index contributed by atoms with van der Waals surface area (Å²) >= 11 is 0. The highest BCUT2D eigenvalue weighted by Crippen LogP contribution is 2.25. The Kier molecular flexibility index (Phi) is 2.77. The lowest BCUT2D eigenvalue weighted by Gasteiger charge is -2.09. The molecule has 0 unspecified atom stereocenters. The SMILES string of the molecule is COCNc1nc2c(n1C)C=C(C)CC2.[HH].